The van der Waals surface area contributed by atoms with E-state index < -0.39 is 11.9 Å². The molecule has 0 atom stereocenters. The first kappa shape index (κ1) is 14.2. The van der Waals surface area contributed by atoms with Gasteiger partial charge in [0.05, 0.1) is 14.2 Å². The molecule has 0 aliphatic heterocycles. The monoisotopic (exact) mass is 268 g/mol. The number of pyridine rings is 1. The smallest absolute Gasteiger partial charge is 0.405 e. The maximum absolute atomic E-state index is 11.7. The summed E-state index contributed by atoms with van der Waals surface area (Å²) in [4.78, 5) is 23.0. The summed E-state index contributed by atoms with van der Waals surface area (Å²) in [5.41, 5.74) is 1.03. The number of hydrogen-bond acceptors (Lipinski definition) is 5. The molecule has 1 aromatic rings. The molecule has 1 rings (SSSR count). The number of carbonyl (C=O) groups is 2. The summed E-state index contributed by atoms with van der Waals surface area (Å²) < 4.78 is 10.6. The van der Waals surface area contributed by atoms with Gasteiger partial charge in [0.15, 0.2) is 17.3 Å². The fraction of sp³-hybridized carbons (Fsp3) is 0.250. The Bertz CT molecular complexity index is 493. The fourth-order valence-electron chi connectivity index (χ4n) is 1.26. The lowest BCUT2D eigenvalue weighted by Gasteiger charge is -2.03. The number of thiol groups is 1. The van der Waals surface area contributed by atoms with Crippen LogP contribution in [0.4, 0.5) is 0 Å². The predicted molar refractivity (Wildman–Crippen MR) is 67.6 cm³/mol. The van der Waals surface area contributed by atoms with Crippen LogP contribution in [0.15, 0.2) is 29.4 Å². The van der Waals surface area contributed by atoms with Crippen molar-refractivity contribution in [2.45, 2.75) is 6.92 Å². The van der Waals surface area contributed by atoms with E-state index in [0.717, 1.165) is 5.56 Å². The lowest BCUT2D eigenvalue weighted by atomic mass is 10.3. The van der Waals surface area contributed by atoms with Crippen molar-refractivity contribution in [2.75, 3.05) is 14.2 Å². The molecule has 5 nitrogen and oxygen atoms in total. The highest BCUT2D eigenvalue weighted by molar-refractivity contribution is 7.85. The fourth-order valence-corrected chi connectivity index (χ4v) is 1.56. The number of aryl methyl sites for hydroxylation is 1. The molecule has 0 aromatic carbocycles. The van der Waals surface area contributed by atoms with Gasteiger partial charge < -0.3 is 9.47 Å². The lowest BCUT2D eigenvalue weighted by molar-refractivity contribution is -0.578. The second-order valence-electron chi connectivity index (χ2n) is 3.46. The minimum absolute atomic E-state index is 0.00711. The number of nitrogens with zero attached hydrogens (tertiary/aromatic N) is 1. The standard InChI is InChI=1S/C12H13NO4S/c1-8-4-6-13(7-5-8)9(11(14)16-2)10(18)12(15)17-3/h4-7H,1-3H3/p+1. The highest BCUT2D eigenvalue weighted by atomic mass is 32.1. The first-order chi connectivity index (χ1) is 8.51. The average molecular weight is 268 g/mol. The maximum atomic E-state index is 11.7. The number of esters is 2. The number of rotatable bonds is 3. The van der Waals surface area contributed by atoms with Crippen LogP contribution in [-0.2, 0) is 19.1 Å². The summed E-state index contributed by atoms with van der Waals surface area (Å²) >= 11 is 4.01. The van der Waals surface area contributed by atoms with E-state index >= 15 is 0 Å². The number of aromatic nitrogens is 1. The lowest BCUT2D eigenvalue weighted by Crippen LogP contribution is -2.38. The highest BCUT2D eigenvalue weighted by Gasteiger charge is 2.29. The molecule has 0 amide bonds. The molecule has 0 saturated carbocycles. The third-order valence-electron chi connectivity index (χ3n) is 2.24. The van der Waals surface area contributed by atoms with E-state index in [1.807, 2.05) is 6.92 Å². The molecule has 0 saturated heterocycles. The molecule has 96 valence electrons. The van der Waals surface area contributed by atoms with Crippen molar-refractivity contribution < 1.29 is 23.6 Å². The molecule has 0 bridgehead atoms. The SMILES string of the molecule is COC(=O)/C(S)=C(\C(=O)OC)[n+]1ccc(C)cc1. The van der Waals surface area contributed by atoms with Gasteiger partial charge in [-0.15, -0.1) is 12.6 Å². The van der Waals surface area contributed by atoms with E-state index in [2.05, 4.69) is 22.1 Å². The zero-order valence-corrected chi connectivity index (χ0v) is 11.2. The van der Waals surface area contributed by atoms with Crippen LogP contribution >= 0.6 is 12.6 Å². The minimum Gasteiger partial charge on any atom is -0.465 e. The summed E-state index contributed by atoms with van der Waals surface area (Å²) in [6.07, 6.45) is 3.28. The average Bonchev–Trinajstić information content (AvgIpc) is 2.39. The predicted octanol–water partition coefficient (Wildman–Crippen LogP) is 0.727. The first-order valence-electron chi connectivity index (χ1n) is 5.09. The van der Waals surface area contributed by atoms with Gasteiger partial charge in [-0.2, -0.15) is 4.57 Å². The topological polar surface area (TPSA) is 56.5 Å². The Morgan fingerprint density at radius 3 is 2.06 bits per heavy atom. The van der Waals surface area contributed by atoms with Crippen LogP contribution in [0.1, 0.15) is 5.56 Å². The van der Waals surface area contributed by atoms with Gasteiger partial charge in [-0.05, 0) is 12.5 Å². The second kappa shape index (κ2) is 6.20. The molecule has 0 unspecified atom stereocenters. The Labute approximate surface area is 110 Å². The molecule has 18 heavy (non-hydrogen) atoms. The van der Waals surface area contributed by atoms with Crippen LogP contribution in [0.25, 0.3) is 5.70 Å². The van der Waals surface area contributed by atoms with Crippen molar-refractivity contribution in [2.24, 2.45) is 0 Å². The van der Waals surface area contributed by atoms with Gasteiger partial charge in [-0.25, -0.2) is 9.59 Å². The summed E-state index contributed by atoms with van der Waals surface area (Å²) in [5.74, 6) is -1.37. The van der Waals surface area contributed by atoms with E-state index in [0.29, 0.717) is 0 Å². The highest BCUT2D eigenvalue weighted by Crippen LogP contribution is 2.12. The van der Waals surface area contributed by atoms with Gasteiger partial charge in [0.1, 0.15) is 0 Å². The number of hydrogen-bond donors (Lipinski definition) is 1. The van der Waals surface area contributed by atoms with Crippen LogP contribution in [0.5, 0.6) is 0 Å². The van der Waals surface area contributed by atoms with Gasteiger partial charge in [0.2, 0.25) is 0 Å². The normalized spacial score (nSPS) is 11.6. The van der Waals surface area contributed by atoms with Crippen LogP contribution < -0.4 is 4.57 Å². The van der Waals surface area contributed by atoms with E-state index in [1.54, 1.807) is 24.5 Å². The quantitative estimate of drug-likeness (QED) is 0.380. The molecule has 0 spiro atoms. The number of ether oxygens (including phenoxy) is 2. The van der Waals surface area contributed by atoms with Gasteiger partial charge in [-0.1, -0.05) is 0 Å². The van der Waals surface area contributed by atoms with Crippen LogP contribution in [0, 0.1) is 6.92 Å². The second-order valence-corrected chi connectivity index (χ2v) is 3.91. The van der Waals surface area contributed by atoms with E-state index in [9.17, 15) is 9.59 Å². The van der Waals surface area contributed by atoms with Gasteiger partial charge in [0.25, 0.3) is 0 Å². The minimum atomic E-state index is -0.702. The van der Waals surface area contributed by atoms with Crippen LogP contribution in [0.2, 0.25) is 0 Å². The molecule has 0 fully saturated rings. The first-order valence-corrected chi connectivity index (χ1v) is 5.54. The molecular formula is C12H14NO4S+. The van der Waals surface area contributed by atoms with Crippen molar-refractivity contribution in [3.63, 3.8) is 0 Å². The van der Waals surface area contributed by atoms with Crippen molar-refractivity contribution in [1.29, 1.82) is 0 Å². The van der Waals surface area contributed by atoms with Crippen LogP contribution in [-0.4, -0.2) is 26.2 Å². The van der Waals surface area contributed by atoms with Crippen molar-refractivity contribution >= 4 is 30.3 Å². The molecule has 6 heteroatoms. The summed E-state index contributed by atoms with van der Waals surface area (Å²) in [5, 5.41) is 0. The summed E-state index contributed by atoms with van der Waals surface area (Å²) in [6.45, 7) is 1.91. The van der Waals surface area contributed by atoms with E-state index in [1.165, 1.54) is 18.8 Å². The van der Waals surface area contributed by atoms with E-state index in [4.69, 9.17) is 0 Å². The van der Waals surface area contributed by atoms with Crippen molar-refractivity contribution in [3.05, 3.63) is 35.0 Å². The zero-order chi connectivity index (χ0) is 13.7. The largest absolute Gasteiger partial charge is 0.465 e. The molecule has 0 aliphatic carbocycles. The zero-order valence-electron chi connectivity index (χ0n) is 10.3. The Morgan fingerprint density at radius 1 is 1.11 bits per heavy atom. The van der Waals surface area contributed by atoms with Gasteiger partial charge in [-0.3, -0.25) is 0 Å². The Kier molecular flexibility index (Phi) is 4.91. The third-order valence-corrected chi connectivity index (χ3v) is 2.63. The number of methoxy groups -OCH3 is 2. The van der Waals surface area contributed by atoms with Gasteiger partial charge >= 0.3 is 17.6 Å². The van der Waals surface area contributed by atoms with Crippen LogP contribution in [0.3, 0.4) is 0 Å². The third kappa shape index (κ3) is 3.10. The summed E-state index contributed by atoms with van der Waals surface area (Å²) in [6, 6.07) is 3.59. The molecular weight excluding hydrogens is 254 g/mol. The van der Waals surface area contributed by atoms with E-state index in [-0.39, 0.29) is 10.6 Å². The van der Waals surface area contributed by atoms with Crippen molar-refractivity contribution in [3.8, 4) is 0 Å². The van der Waals surface area contributed by atoms with Gasteiger partial charge in [0, 0.05) is 12.1 Å². The Morgan fingerprint density at radius 2 is 1.61 bits per heavy atom. The summed E-state index contributed by atoms with van der Waals surface area (Å²) in [7, 11) is 2.45. The maximum Gasteiger partial charge on any atom is 0.405 e. The Balaban J connectivity index is 3.34. The molecule has 0 N–H and O–H groups in total. The van der Waals surface area contributed by atoms with Crippen molar-refractivity contribution in [1.82, 2.24) is 0 Å². The molecule has 0 radical (unpaired) electrons. The molecule has 1 aromatic heterocycles. The Hall–Kier alpha value is -1.82. The molecule has 1 heterocycles. The number of carbonyl (C=O) groups excluding carboxylic acids is 2. The molecule has 0 aliphatic rings.